The molecule has 0 heterocycles. The Hall–Kier alpha value is -2.09. The predicted molar refractivity (Wildman–Crippen MR) is 77.1 cm³/mol. The van der Waals surface area contributed by atoms with Gasteiger partial charge in [-0.25, -0.2) is 4.39 Å². The van der Waals surface area contributed by atoms with Crippen LogP contribution in [0.1, 0.15) is 6.92 Å². The Kier molecular flexibility index (Phi) is 6.67. The number of esters is 1. The van der Waals surface area contributed by atoms with Crippen molar-refractivity contribution in [3.05, 3.63) is 30.1 Å². The fourth-order valence-electron chi connectivity index (χ4n) is 1.26. The predicted octanol–water partition coefficient (Wildman–Crippen LogP) is 0.914. The zero-order valence-corrected chi connectivity index (χ0v) is 12.1. The Morgan fingerprint density at radius 3 is 2.52 bits per heavy atom. The number of halogens is 1. The van der Waals surface area contributed by atoms with E-state index in [1.807, 2.05) is 0 Å². The molecule has 0 saturated heterocycles. The lowest BCUT2D eigenvalue weighted by atomic mass is 10.3. The molecular weight excluding hydrogens is 299 g/mol. The normalized spacial score (nSPS) is 11.5. The number of hydrogen-bond acceptors (Lipinski definition) is 5. The number of hydrogen-bond donors (Lipinski definition) is 2. The molecule has 0 fully saturated rings. The molecule has 0 aromatic heterocycles. The number of anilines is 1. The van der Waals surface area contributed by atoms with Gasteiger partial charge in [-0.15, -0.1) is 11.8 Å². The molecule has 0 aliphatic heterocycles. The SMILES string of the molecule is C[C@@H](SCC(=O)Nc1ccc(F)cc1)C(=O)OCC(N)=O. The first-order chi connectivity index (χ1) is 9.88. The van der Waals surface area contributed by atoms with Crippen LogP contribution in [0.3, 0.4) is 0 Å². The maximum Gasteiger partial charge on any atom is 0.319 e. The Morgan fingerprint density at radius 2 is 1.95 bits per heavy atom. The molecule has 1 atom stereocenters. The van der Waals surface area contributed by atoms with E-state index in [4.69, 9.17) is 5.73 Å². The highest BCUT2D eigenvalue weighted by Crippen LogP contribution is 2.14. The molecule has 0 bridgehead atoms. The van der Waals surface area contributed by atoms with Crippen LogP contribution >= 0.6 is 11.8 Å². The molecule has 8 heteroatoms. The summed E-state index contributed by atoms with van der Waals surface area (Å²) in [5.74, 6) is -2.07. The van der Waals surface area contributed by atoms with Crippen LogP contribution in [0.5, 0.6) is 0 Å². The first kappa shape index (κ1) is 17.0. The molecule has 0 aliphatic carbocycles. The van der Waals surface area contributed by atoms with Crippen LogP contribution in [-0.2, 0) is 19.1 Å². The molecule has 0 saturated carbocycles. The van der Waals surface area contributed by atoms with Gasteiger partial charge in [0, 0.05) is 5.69 Å². The number of ether oxygens (including phenoxy) is 1. The summed E-state index contributed by atoms with van der Waals surface area (Å²) >= 11 is 1.05. The monoisotopic (exact) mass is 314 g/mol. The largest absolute Gasteiger partial charge is 0.455 e. The van der Waals surface area contributed by atoms with Gasteiger partial charge in [-0.05, 0) is 31.2 Å². The lowest BCUT2D eigenvalue weighted by molar-refractivity contribution is -0.146. The first-order valence-corrected chi connectivity index (χ1v) is 7.05. The Balaban J connectivity index is 2.33. The zero-order chi connectivity index (χ0) is 15.8. The van der Waals surface area contributed by atoms with Crippen molar-refractivity contribution in [1.29, 1.82) is 0 Å². The summed E-state index contributed by atoms with van der Waals surface area (Å²) in [4.78, 5) is 33.5. The Morgan fingerprint density at radius 1 is 1.33 bits per heavy atom. The van der Waals surface area contributed by atoms with Gasteiger partial charge < -0.3 is 15.8 Å². The Bertz CT molecular complexity index is 521. The number of rotatable bonds is 7. The molecule has 1 aromatic carbocycles. The lowest BCUT2D eigenvalue weighted by Crippen LogP contribution is -2.26. The number of benzene rings is 1. The van der Waals surface area contributed by atoms with Crippen molar-refractivity contribution >= 4 is 35.2 Å². The fraction of sp³-hybridized carbons (Fsp3) is 0.308. The number of carbonyl (C=O) groups excluding carboxylic acids is 3. The van der Waals surface area contributed by atoms with E-state index < -0.39 is 29.6 Å². The summed E-state index contributed by atoms with van der Waals surface area (Å²) in [6.45, 7) is 1.07. The van der Waals surface area contributed by atoms with Gasteiger partial charge in [-0.1, -0.05) is 0 Å². The van der Waals surface area contributed by atoms with Crippen LogP contribution in [0.2, 0.25) is 0 Å². The molecule has 0 spiro atoms. The van der Waals surface area contributed by atoms with Gasteiger partial charge in [-0.2, -0.15) is 0 Å². The van der Waals surface area contributed by atoms with E-state index in [2.05, 4.69) is 10.1 Å². The molecule has 0 aliphatic rings. The first-order valence-electron chi connectivity index (χ1n) is 6.00. The van der Waals surface area contributed by atoms with Crippen molar-refractivity contribution in [2.45, 2.75) is 12.2 Å². The van der Waals surface area contributed by atoms with Gasteiger partial charge in [0.2, 0.25) is 5.91 Å². The maximum absolute atomic E-state index is 12.7. The second-order valence-electron chi connectivity index (χ2n) is 4.08. The third kappa shape index (κ3) is 6.75. The van der Waals surface area contributed by atoms with Gasteiger partial charge in [0.15, 0.2) is 6.61 Å². The van der Waals surface area contributed by atoms with Crippen molar-refractivity contribution in [2.24, 2.45) is 5.73 Å². The molecule has 1 aromatic rings. The highest BCUT2D eigenvalue weighted by Gasteiger charge is 2.17. The average Bonchev–Trinajstić information content (AvgIpc) is 2.44. The average molecular weight is 314 g/mol. The van der Waals surface area contributed by atoms with E-state index in [0.29, 0.717) is 5.69 Å². The van der Waals surface area contributed by atoms with Gasteiger partial charge in [0.1, 0.15) is 11.1 Å². The van der Waals surface area contributed by atoms with Crippen molar-refractivity contribution < 1.29 is 23.5 Å². The molecule has 2 amide bonds. The summed E-state index contributed by atoms with van der Waals surface area (Å²) in [7, 11) is 0. The van der Waals surface area contributed by atoms with Gasteiger partial charge in [0.25, 0.3) is 5.91 Å². The highest BCUT2D eigenvalue weighted by atomic mass is 32.2. The maximum atomic E-state index is 12.7. The Labute approximate surface area is 125 Å². The third-order valence-corrected chi connectivity index (χ3v) is 3.40. The zero-order valence-electron chi connectivity index (χ0n) is 11.3. The molecule has 114 valence electrons. The smallest absolute Gasteiger partial charge is 0.319 e. The number of carbonyl (C=O) groups is 3. The van der Waals surface area contributed by atoms with Crippen LogP contribution < -0.4 is 11.1 Å². The minimum absolute atomic E-state index is 0.0181. The van der Waals surface area contributed by atoms with Gasteiger partial charge in [0.05, 0.1) is 5.75 Å². The van der Waals surface area contributed by atoms with Crippen LogP contribution in [-0.4, -0.2) is 35.4 Å². The molecule has 3 N–H and O–H groups in total. The topological polar surface area (TPSA) is 98.5 Å². The molecule has 0 radical (unpaired) electrons. The van der Waals surface area contributed by atoms with Crippen molar-refractivity contribution in [2.75, 3.05) is 17.7 Å². The fourth-order valence-corrected chi connectivity index (χ4v) is 1.94. The minimum atomic E-state index is -0.741. The van der Waals surface area contributed by atoms with Crippen molar-refractivity contribution in [1.82, 2.24) is 0 Å². The van der Waals surface area contributed by atoms with E-state index in [1.165, 1.54) is 24.3 Å². The molecule has 6 nitrogen and oxygen atoms in total. The highest BCUT2D eigenvalue weighted by molar-refractivity contribution is 8.01. The van der Waals surface area contributed by atoms with Gasteiger partial charge in [-0.3, -0.25) is 14.4 Å². The van der Waals surface area contributed by atoms with E-state index in [1.54, 1.807) is 6.92 Å². The molecule has 1 rings (SSSR count). The number of primary amides is 1. The number of amides is 2. The van der Waals surface area contributed by atoms with Crippen molar-refractivity contribution in [3.8, 4) is 0 Å². The summed E-state index contributed by atoms with van der Waals surface area (Å²) in [6.07, 6.45) is 0. The van der Waals surface area contributed by atoms with E-state index in [9.17, 15) is 18.8 Å². The summed E-state index contributed by atoms with van der Waals surface area (Å²) in [5.41, 5.74) is 5.31. The summed E-state index contributed by atoms with van der Waals surface area (Å²) in [5, 5.41) is 1.95. The third-order valence-electron chi connectivity index (χ3n) is 2.28. The van der Waals surface area contributed by atoms with E-state index >= 15 is 0 Å². The molecular formula is C13H15FN2O4S. The van der Waals surface area contributed by atoms with E-state index in [0.717, 1.165) is 11.8 Å². The van der Waals surface area contributed by atoms with Crippen molar-refractivity contribution in [3.63, 3.8) is 0 Å². The molecule has 0 unspecified atom stereocenters. The van der Waals surface area contributed by atoms with Crippen LogP contribution in [0, 0.1) is 5.82 Å². The van der Waals surface area contributed by atoms with Crippen LogP contribution in [0.4, 0.5) is 10.1 Å². The number of nitrogens with two attached hydrogens (primary N) is 1. The summed E-state index contributed by atoms with van der Waals surface area (Å²) in [6, 6.07) is 5.32. The minimum Gasteiger partial charge on any atom is -0.455 e. The van der Waals surface area contributed by atoms with Crippen LogP contribution in [0.15, 0.2) is 24.3 Å². The number of thioether (sulfide) groups is 1. The summed E-state index contributed by atoms with van der Waals surface area (Å²) < 4.78 is 17.3. The second kappa shape index (κ2) is 8.25. The second-order valence-corrected chi connectivity index (χ2v) is 5.41. The lowest BCUT2D eigenvalue weighted by Gasteiger charge is -2.10. The number of nitrogens with one attached hydrogen (secondary N) is 1. The molecule has 21 heavy (non-hydrogen) atoms. The van der Waals surface area contributed by atoms with Crippen LogP contribution in [0.25, 0.3) is 0 Å². The standard InChI is InChI=1S/C13H15FN2O4S/c1-8(13(19)20-6-11(15)17)21-7-12(18)16-10-4-2-9(14)3-5-10/h2-5,8H,6-7H2,1H3,(H2,15,17)(H,16,18)/t8-/m1/s1. The van der Waals surface area contributed by atoms with E-state index in [-0.39, 0.29) is 11.7 Å². The quantitative estimate of drug-likeness (QED) is 0.729. The van der Waals surface area contributed by atoms with Gasteiger partial charge >= 0.3 is 5.97 Å².